The molecular weight excluding hydrogens is 258 g/mol. The fourth-order valence-electron chi connectivity index (χ4n) is 1.09. The van der Waals surface area contributed by atoms with E-state index < -0.39 is 22.9 Å². The van der Waals surface area contributed by atoms with Gasteiger partial charge in [0.15, 0.2) is 0 Å². The highest BCUT2D eigenvalue weighted by molar-refractivity contribution is 6.48. The van der Waals surface area contributed by atoms with Gasteiger partial charge in [0.25, 0.3) is 5.78 Å². The smallest absolute Gasteiger partial charge is 0.376 e. The van der Waals surface area contributed by atoms with Gasteiger partial charge < -0.3 is 4.74 Å². The molecule has 3 nitrogen and oxygen atoms in total. The van der Waals surface area contributed by atoms with Gasteiger partial charge in [0, 0.05) is 10.6 Å². The standard InChI is InChI=1S/C10H7Cl2FO3/c1-16-10(15)9(14)8(12)7-5(11)3-2-4-6(7)13/h2-4,8H,1H3/t8-/m1/s1. The average molecular weight is 265 g/mol. The Morgan fingerprint density at radius 1 is 1.44 bits per heavy atom. The van der Waals surface area contributed by atoms with Crippen molar-refractivity contribution in [3.63, 3.8) is 0 Å². The minimum Gasteiger partial charge on any atom is -0.463 e. The lowest BCUT2D eigenvalue weighted by Crippen LogP contribution is -2.21. The Hall–Kier alpha value is -1.13. The molecule has 0 fully saturated rings. The summed E-state index contributed by atoms with van der Waals surface area (Å²) in [7, 11) is 1.03. The van der Waals surface area contributed by atoms with Crippen molar-refractivity contribution < 1.29 is 18.7 Å². The molecule has 1 aromatic carbocycles. The van der Waals surface area contributed by atoms with Gasteiger partial charge in [-0.2, -0.15) is 0 Å². The normalized spacial score (nSPS) is 12.0. The van der Waals surface area contributed by atoms with Gasteiger partial charge in [0.2, 0.25) is 0 Å². The highest BCUT2D eigenvalue weighted by atomic mass is 35.5. The zero-order valence-electron chi connectivity index (χ0n) is 8.17. The molecule has 0 amide bonds. The van der Waals surface area contributed by atoms with Crippen LogP contribution in [-0.2, 0) is 14.3 Å². The van der Waals surface area contributed by atoms with Gasteiger partial charge in [-0.05, 0) is 12.1 Å². The van der Waals surface area contributed by atoms with Gasteiger partial charge in [-0.15, -0.1) is 11.6 Å². The molecule has 0 aromatic heterocycles. The molecule has 0 saturated heterocycles. The van der Waals surface area contributed by atoms with Gasteiger partial charge in [0.1, 0.15) is 11.2 Å². The van der Waals surface area contributed by atoms with Crippen LogP contribution in [-0.4, -0.2) is 18.9 Å². The summed E-state index contributed by atoms with van der Waals surface area (Å²) in [4.78, 5) is 22.3. The van der Waals surface area contributed by atoms with E-state index in [1.165, 1.54) is 12.1 Å². The van der Waals surface area contributed by atoms with Crippen molar-refractivity contribution in [1.29, 1.82) is 0 Å². The van der Waals surface area contributed by atoms with Gasteiger partial charge in [-0.25, -0.2) is 9.18 Å². The third-order valence-electron chi connectivity index (χ3n) is 1.87. The molecule has 16 heavy (non-hydrogen) atoms. The Morgan fingerprint density at radius 2 is 2.06 bits per heavy atom. The number of ether oxygens (including phenoxy) is 1. The lowest BCUT2D eigenvalue weighted by molar-refractivity contribution is -0.151. The second-order valence-corrected chi connectivity index (χ2v) is 3.70. The van der Waals surface area contributed by atoms with Gasteiger partial charge >= 0.3 is 5.97 Å². The maximum atomic E-state index is 13.4. The van der Waals surface area contributed by atoms with Crippen molar-refractivity contribution in [3.05, 3.63) is 34.6 Å². The van der Waals surface area contributed by atoms with Crippen LogP contribution in [0.15, 0.2) is 18.2 Å². The third-order valence-corrected chi connectivity index (χ3v) is 2.62. The second-order valence-electron chi connectivity index (χ2n) is 2.85. The minimum atomic E-state index is -1.49. The fourth-order valence-corrected chi connectivity index (χ4v) is 1.73. The molecular formula is C10H7Cl2FO3. The van der Waals surface area contributed by atoms with Gasteiger partial charge in [-0.3, -0.25) is 4.79 Å². The maximum Gasteiger partial charge on any atom is 0.376 e. The quantitative estimate of drug-likeness (QED) is 0.479. The van der Waals surface area contributed by atoms with Crippen LogP contribution in [0.25, 0.3) is 0 Å². The Morgan fingerprint density at radius 3 is 2.56 bits per heavy atom. The first-order valence-corrected chi connectivity index (χ1v) is 5.00. The van der Waals surface area contributed by atoms with E-state index in [0.29, 0.717) is 0 Å². The maximum absolute atomic E-state index is 13.4. The molecule has 1 atom stereocenters. The number of alkyl halides is 1. The molecule has 0 aliphatic carbocycles. The van der Waals surface area contributed by atoms with Crippen LogP contribution in [0, 0.1) is 5.82 Å². The Labute approximate surface area is 101 Å². The SMILES string of the molecule is COC(=O)C(=O)[C@H](Cl)c1c(F)cccc1Cl. The van der Waals surface area contributed by atoms with Gasteiger partial charge in [0.05, 0.1) is 7.11 Å². The van der Waals surface area contributed by atoms with E-state index >= 15 is 0 Å². The van der Waals surface area contributed by atoms with Crippen molar-refractivity contribution in [1.82, 2.24) is 0 Å². The van der Waals surface area contributed by atoms with E-state index in [2.05, 4.69) is 4.74 Å². The molecule has 0 spiro atoms. The molecule has 0 unspecified atom stereocenters. The number of Topliss-reactive ketones (excluding diaryl/α,β-unsaturated/α-hetero) is 1. The molecule has 0 heterocycles. The number of methoxy groups -OCH3 is 1. The molecule has 0 radical (unpaired) electrons. The summed E-state index contributed by atoms with van der Waals surface area (Å²) in [5.74, 6) is -2.94. The van der Waals surface area contributed by atoms with E-state index in [1.807, 2.05) is 0 Å². The first-order valence-electron chi connectivity index (χ1n) is 4.19. The minimum absolute atomic E-state index is 0.0164. The summed E-state index contributed by atoms with van der Waals surface area (Å²) in [6, 6.07) is 3.84. The molecule has 86 valence electrons. The van der Waals surface area contributed by atoms with Crippen LogP contribution in [0.1, 0.15) is 10.9 Å². The van der Waals surface area contributed by atoms with Crippen LogP contribution in [0.3, 0.4) is 0 Å². The Kier molecular flexibility index (Phi) is 4.26. The number of benzene rings is 1. The van der Waals surface area contributed by atoms with E-state index in [1.54, 1.807) is 0 Å². The number of carbonyl (C=O) groups is 2. The van der Waals surface area contributed by atoms with Crippen LogP contribution < -0.4 is 0 Å². The highest BCUT2D eigenvalue weighted by Gasteiger charge is 2.29. The van der Waals surface area contributed by atoms with E-state index in [9.17, 15) is 14.0 Å². The molecule has 1 aromatic rings. The number of esters is 1. The van der Waals surface area contributed by atoms with Crippen LogP contribution in [0.4, 0.5) is 4.39 Å². The second kappa shape index (κ2) is 5.27. The topological polar surface area (TPSA) is 43.4 Å². The van der Waals surface area contributed by atoms with Crippen molar-refractivity contribution in [2.75, 3.05) is 7.11 Å². The van der Waals surface area contributed by atoms with Crippen LogP contribution in [0.5, 0.6) is 0 Å². The first-order chi connectivity index (χ1) is 7.49. The summed E-state index contributed by atoms with van der Waals surface area (Å²) in [5.41, 5.74) is -0.221. The van der Waals surface area contributed by atoms with Gasteiger partial charge in [-0.1, -0.05) is 17.7 Å². The third kappa shape index (κ3) is 2.51. The fraction of sp³-hybridized carbons (Fsp3) is 0.200. The Bertz CT molecular complexity index is 414. The average Bonchev–Trinajstić information content (AvgIpc) is 2.26. The summed E-state index contributed by atoms with van der Waals surface area (Å²) in [6.45, 7) is 0. The predicted octanol–water partition coefficient (Wildman–Crippen LogP) is 2.50. The highest BCUT2D eigenvalue weighted by Crippen LogP contribution is 2.31. The van der Waals surface area contributed by atoms with Crippen LogP contribution in [0.2, 0.25) is 5.02 Å². The number of rotatable bonds is 3. The van der Waals surface area contributed by atoms with Crippen molar-refractivity contribution in [2.45, 2.75) is 5.38 Å². The Balaban J connectivity index is 3.10. The summed E-state index contributed by atoms with van der Waals surface area (Å²) in [5, 5.41) is -1.50. The molecule has 0 aliphatic heterocycles. The molecule has 0 bridgehead atoms. The van der Waals surface area contributed by atoms with E-state index in [-0.39, 0.29) is 10.6 Å². The van der Waals surface area contributed by atoms with E-state index in [4.69, 9.17) is 23.2 Å². The number of ketones is 1. The zero-order chi connectivity index (χ0) is 12.3. The molecule has 1 rings (SSSR count). The molecule has 0 N–H and O–H groups in total. The van der Waals surface area contributed by atoms with Crippen molar-refractivity contribution in [2.24, 2.45) is 0 Å². The molecule has 0 saturated carbocycles. The molecule has 6 heteroatoms. The summed E-state index contributed by atoms with van der Waals surface area (Å²) in [6.07, 6.45) is 0. The van der Waals surface area contributed by atoms with E-state index in [0.717, 1.165) is 13.2 Å². The number of carbonyl (C=O) groups excluding carboxylic acids is 2. The van der Waals surface area contributed by atoms with Crippen LogP contribution >= 0.6 is 23.2 Å². The number of hydrogen-bond donors (Lipinski definition) is 0. The van der Waals surface area contributed by atoms with Crippen molar-refractivity contribution in [3.8, 4) is 0 Å². The molecule has 0 aliphatic rings. The largest absolute Gasteiger partial charge is 0.463 e. The summed E-state index contributed by atoms with van der Waals surface area (Å²) >= 11 is 11.4. The predicted molar refractivity (Wildman–Crippen MR) is 57.0 cm³/mol. The lowest BCUT2D eigenvalue weighted by Gasteiger charge is -2.10. The summed E-state index contributed by atoms with van der Waals surface area (Å²) < 4.78 is 17.6. The zero-order valence-corrected chi connectivity index (χ0v) is 9.68. The first kappa shape index (κ1) is 12.9. The lowest BCUT2D eigenvalue weighted by atomic mass is 10.1. The monoisotopic (exact) mass is 264 g/mol. The number of hydrogen-bond acceptors (Lipinski definition) is 3. The van der Waals surface area contributed by atoms with Crippen molar-refractivity contribution >= 4 is 35.0 Å². The number of halogens is 3.